The van der Waals surface area contributed by atoms with Crippen LogP contribution in [-0.4, -0.2) is 46.6 Å². The monoisotopic (exact) mass is 221 g/mol. The molecule has 0 radical (unpaired) electrons. The predicted octanol–water partition coefficient (Wildman–Crippen LogP) is -0.0600. The second kappa shape index (κ2) is 5.05. The number of carbonyl (C=O) groups is 1. The molecule has 2 N–H and O–H groups in total. The van der Waals surface area contributed by atoms with Crippen molar-refractivity contribution in [3.63, 3.8) is 0 Å². The van der Waals surface area contributed by atoms with Gasteiger partial charge in [-0.15, -0.1) is 0 Å². The highest BCUT2D eigenvalue weighted by molar-refractivity contribution is 5.73. The average molecular weight is 221 g/mol. The van der Waals surface area contributed by atoms with E-state index in [2.05, 4.69) is 10.3 Å². The van der Waals surface area contributed by atoms with Gasteiger partial charge in [0.15, 0.2) is 0 Å². The van der Waals surface area contributed by atoms with Crippen LogP contribution in [0.5, 0.6) is 0 Å². The number of rotatable bonds is 3. The van der Waals surface area contributed by atoms with E-state index in [0.717, 1.165) is 18.8 Å². The molecule has 5 nitrogen and oxygen atoms in total. The Morgan fingerprint density at radius 2 is 2.50 bits per heavy atom. The van der Waals surface area contributed by atoms with Crippen molar-refractivity contribution in [2.45, 2.75) is 12.6 Å². The van der Waals surface area contributed by atoms with E-state index in [1.807, 2.05) is 23.1 Å². The molecule has 1 saturated heterocycles. The summed E-state index contributed by atoms with van der Waals surface area (Å²) in [5.41, 5.74) is 0.913. The van der Waals surface area contributed by atoms with Crippen LogP contribution in [0.4, 0.5) is 0 Å². The predicted molar refractivity (Wildman–Crippen MR) is 58.9 cm³/mol. The van der Waals surface area contributed by atoms with E-state index in [-0.39, 0.29) is 0 Å². The number of pyridine rings is 1. The fourth-order valence-corrected chi connectivity index (χ4v) is 1.88. The molecular weight excluding hydrogens is 206 g/mol. The number of hydrogen-bond donors (Lipinski definition) is 2. The van der Waals surface area contributed by atoms with Crippen molar-refractivity contribution < 1.29 is 9.90 Å². The lowest BCUT2D eigenvalue weighted by atomic mass is 10.2. The highest BCUT2D eigenvalue weighted by atomic mass is 16.4. The minimum Gasteiger partial charge on any atom is -0.480 e. The lowest BCUT2D eigenvalue weighted by Crippen LogP contribution is -2.54. The van der Waals surface area contributed by atoms with Gasteiger partial charge in [0.05, 0.1) is 5.69 Å². The SMILES string of the molecule is O=C(O)C1CNCCN1Cc1ccccn1. The van der Waals surface area contributed by atoms with Crippen molar-refractivity contribution in [2.24, 2.45) is 0 Å². The molecule has 2 rings (SSSR count). The molecule has 0 aromatic carbocycles. The van der Waals surface area contributed by atoms with E-state index >= 15 is 0 Å². The largest absolute Gasteiger partial charge is 0.480 e. The standard InChI is InChI=1S/C11H15N3O2/c15-11(16)10-7-12-5-6-14(10)8-9-3-1-2-4-13-9/h1-4,10,12H,5-8H2,(H,15,16). The number of aliphatic carboxylic acids is 1. The van der Waals surface area contributed by atoms with E-state index in [9.17, 15) is 4.79 Å². The molecule has 0 saturated carbocycles. The van der Waals surface area contributed by atoms with Crippen LogP contribution in [0.2, 0.25) is 0 Å². The van der Waals surface area contributed by atoms with Crippen LogP contribution < -0.4 is 5.32 Å². The summed E-state index contributed by atoms with van der Waals surface area (Å²) in [4.78, 5) is 17.2. The van der Waals surface area contributed by atoms with Gasteiger partial charge in [-0.05, 0) is 12.1 Å². The fraction of sp³-hybridized carbons (Fsp3) is 0.455. The van der Waals surface area contributed by atoms with Gasteiger partial charge in [0.2, 0.25) is 0 Å². The zero-order valence-corrected chi connectivity index (χ0v) is 8.97. The highest BCUT2D eigenvalue weighted by Gasteiger charge is 2.28. The zero-order chi connectivity index (χ0) is 11.4. The lowest BCUT2D eigenvalue weighted by Gasteiger charge is -2.32. The van der Waals surface area contributed by atoms with Gasteiger partial charge in [0.25, 0.3) is 0 Å². The molecule has 1 aromatic heterocycles. The van der Waals surface area contributed by atoms with Gasteiger partial charge in [0.1, 0.15) is 6.04 Å². The second-order valence-electron chi connectivity index (χ2n) is 3.85. The van der Waals surface area contributed by atoms with Crippen molar-refractivity contribution in [1.82, 2.24) is 15.2 Å². The molecule has 1 aromatic rings. The maximum atomic E-state index is 11.1. The molecule has 16 heavy (non-hydrogen) atoms. The number of nitrogens with zero attached hydrogens (tertiary/aromatic N) is 2. The van der Waals surface area contributed by atoms with Crippen molar-refractivity contribution in [3.8, 4) is 0 Å². The third kappa shape index (κ3) is 2.56. The Bertz CT molecular complexity index is 356. The first-order valence-corrected chi connectivity index (χ1v) is 5.35. The fourth-order valence-electron chi connectivity index (χ4n) is 1.88. The first-order valence-electron chi connectivity index (χ1n) is 5.35. The van der Waals surface area contributed by atoms with Crippen LogP contribution >= 0.6 is 0 Å². The number of piperazine rings is 1. The van der Waals surface area contributed by atoms with Crippen molar-refractivity contribution in [3.05, 3.63) is 30.1 Å². The Hall–Kier alpha value is -1.46. The molecule has 2 heterocycles. The quantitative estimate of drug-likeness (QED) is 0.748. The zero-order valence-electron chi connectivity index (χ0n) is 8.97. The van der Waals surface area contributed by atoms with Gasteiger partial charge < -0.3 is 10.4 Å². The van der Waals surface area contributed by atoms with Gasteiger partial charge in [-0.3, -0.25) is 14.7 Å². The van der Waals surface area contributed by atoms with Crippen LogP contribution in [0.1, 0.15) is 5.69 Å². The Morgan fingerprint density at radius 3 is 3.19 bits per heavy atom. The average Bonchev–Trinajstić information content (AvgIpc) is 2.31. The van der Waals surface area contributed by atoms with Crippen LogP contribution in [0.15, 0.2) is 24.4 Å². The maximum absolute atomic E-state index is 11.1. The molecule has 86 valence electrons. The summed E-state index contributed by atoms with van der Waals surface area (Å²) >= 11 is 0. The smallest absolute Gasteiger partial charge is 0.322 e. The molecule has 0 bridgehead atoms. The van der Waals surface area contributed by atoms with Gasteiger partial charge >= 0.3 is 5.97 Å². The van der Waals surface area contributed by atoms with Gasteiger partial charge in [-0.1, -0.05) is 6.07 Å². The molecule has 5 heteroatoms. The summed E-state index contributed by atoms with van der Waals surface area (Å²) in [6, 6.07) is 5.24. The van der Waals surface area contributed by atoms with Gasteiger partial charge in [0, 0.05) is 32.4 Å². The molecule has 0 amide bonds. The minimum atomic E-state index is -0.775. The number of nitrogens with one attached hydrogen (secondary N) is 1. The number of aromatic nitrogens is 1. The first kappa shape index (κ1) is 11.0. The topological polar surface area (TPSA) is 65.5 Å². The molecule has 0 spiro atoms. The summed E-state index contributed by atoms with van der Waals surface area (Å²) < 4.78 is 0. The molecule has 1 unspecified atom stereocenters. The Morgan fingerprint density at radius 1 is 1.62 bits per heavy atom. The van der Waals surface area contributed by atoms with Gasteiger partial charge in [-0.2, -0.15) is 0 Å². The summed E-state index contributed by atoms with van der Waals surface area (Å²) in [5.74, 6) is -0.775. The van der Waals surface area contributed by atoms with Crippen LogP contribution in [0.25, 0.3) is 0 Å². The van der Waals surface area contributed by atoms with Crippen molar-refractivity contribution in [2.75, 3.05) is 19.6 Å². The molecule has 1 aliphatic rings. The van der Waals surface area contributed by atoms with Crippen LogP contribution in [0.3, 0.4) is 0 Å². The van der Waals surface area contributed by atoms with E-state index in [1.54, 1.807) is 6.20 Å². The third-order valence-electron chi connectivity index (χ3n) is 2.73. The number of hydrogen-bond acceptors (Lipinski definition) is 4. The van der Waals surface area contributed by atoms with Crippen molar-refractivity contribution >= 4 is 5.97 Å². The summed E-state index contributed by atoms with van der Waals surface area (Å²) in [6.45, 7) is 2.67. The first-order chi connectivity index (χ1) is 7.77. The summed E-state index contributed by atoms with van der Waals surface area (Å²) in [5, 5.41) is 12.2. The Kier molecular flexibility index (Phi) is 3.48. The van der Waals surface area contributed by atoms with Crippen LogP contribution in [0, 0.1) is 0 Å². The highest BCUT2D eigenvalue weighted by Crippen LogP contribution is 2.08. The Labute approximate surface area is 94.1 Å². The maximum Gasteiger partial charge on any atom is 0.322 e. The molecule has 1 fully saturated rings. The van der Waals surface area contributed by atoms with Crippen molar-refractivity contribution in [1.29, 1.82) is 0 Å². The minimum absolute atomic E-state index is 0.448. The van der Waals surface area contributed by atoms with E-state index in [4.69, 9.17) is 5.11 Å². The van der Waals surface area contributed by atoms with E-state index < -0.39 is 12.0 Å². The number of carboxylic acid groups (broad SMARTS) is 1. The lowest BCUT2D eigenvalue weighted by molar-refractivity contribution is -0.144. The molecule has 0 aliphatic carbocycles. The van der Waals surface area contributed by atoms with E-state index in [1.165, 1.54) is 0 Å². The molecule has 1 aliphatic heterocycles. The van der Waals surface area contributed by atoms with E-state index in [0.29, 0.717) is 13.1 Å². The number of carboxylic acids is 1. The second-order valence-corrected chi connectivity index (χ2v) is 3.85. The molecule has 1 atom stereocenters. The Balaban J connectivity index is 2.04. The summed E-state index contributed by atoms with van der Waals surface area (Å²) in [7, 11) is 0. The van der Waals surface area contributed by atoms with Crippen LogP contribution in [-0.2, 0) is 11.3 Å². The molecular formula is C11H15N3O2. The summed E-state index contributed by atoms with van der Waals surface area (Å²) in [6.07, 6.45) is 1.73. The normalized spacial score (nSPS) is 21.9. The van der Waals surface area contributed by atoms with Gasteiger partial charge in [-0.25, -0.2) is 0 Å². The third-order valence-corrected chi connectivity index (χ3v) is 2.73.